The molecule has 0 amide bonds. The summed E-state index contributed by atoms with van der Waals surface area (Å²) in [5, 5.41) is 19.7. The van der Waals surface area contributed by atoms with E-state index in [2.05, 4.69) is 4.74 Å². The van der Waals surface area contributed by atoms with Crippen molar-refractivity contribution in [1.29, 1.82) is 0 Å². The van der Waals surface area contributed by atoms with Gasteiger partial charge in [-0.15, -0.1) is 0 Å². The number of carbonyl (C=O) groups is 1. The molecule has 16 heavy (non-hydrogen) atoms. The quantitative estimate of drug-likeness (QED) is 0.814. The Labute approximate surface area is 102 Å². The molecule has 88 valence electrons. The second-order valence-corrected chi connectivity index (χ2v) is 3.92. The van der Waals surface area contributed by atoms with E-state index in [1.54, 1.807) is 0 Å². The van der Waals surface area contributed by atoms with Gasteiger partial charge in [-0.3, -0.25) is 0 Å². The molecule has 0 fully saturated rings. The average molecular weight is 265 g/mol. The molecule has 1 rings (SSSR count). The molecule has 0 bridgehead atoms. The highest BCUT2D eigenvalue weighted by Gasteiger charge is 2.27. The van der Waals surface area contributed by atoms with Gasteiger partial charge < -0.3 is 14.9 Å². The van der Waals surface area contributed by atoms with Gasteiger partial charge in [0.2, 0.25) is 0 Å². The van der Waals surface area contributed by atoms with E-state index in [-0.39, 0.29) is 10.6 Å². The van der Waals surface area contributed by atoms with Gasteiger partial charge in [0.25, 0.3) is 0 Å². The van der Waals surface area contributed by atoms with E-state index in [0.717, 1.165) is 7.11 Å². The third-order valence-electron chi connectivity index (χ3n) is 2.02. The molecule has 4 nitrogen and oxygen atoms in total. The van der Waals surface area contributed by atoms with Crippen molar-refractivity contribution in [2.45, 2.75) is 12.2 Å². The summed E-state index contributed by atoms with van der Waals surface area (Å²) in [7, 11) is 1.11. The number of aliphatic hydroxyl groups excluding tert-OH is 2. The van der Waals surface area contributed by atoms with Crippen LogP contribution in [0.15, 0.2) is 18.2 Å². The monoisotopic (exact) mass is 264 g/mol. The first-order valence-corrected chi connectivity index (χ1v) is 5.12. The number of methoxy groups -OCH3 is 1. The molecule has 0 aliphatic carbocycles. The van der Waals surface area contributed by atoms with Crippen LogP contribution >= 0.6 is 23.2 Å². The minimum atomic E-state index is -1.68. The highest BCUT2D eigenvalue weighted by Crippen LogP contribution is 2.28. The summed E-state index contributed by atoms with van der Waals surface area (Å²) in [6.07, 6.45) is -3.12. The molecule has 0 saturated heterocycles. The molecule has 2 atom stereocenters. The fourth-order valence-corrected chi connectivity index (χ4v) is 1.68. The van der Waals surface area contributed by atoms with Gasteiger partial charge in [-0.25, -0.2) is 4.79 Å². The third kappa shape index (κ3) is 2.86. The largest absolute Gasteiger partial charge is 0.467 e. The Kier molecular flexibility index (Phi) is 4.56. The van der Waals surface area contributed by atoms with Gasteiger partial charge in [0.1, 0.15) is 6.10 Å². The molecular formula is C10H10Cl2O4. The summed E-state index contributed by atoms with van der Waals surface area (Å²) in [5.74, 6) is -0.932. The van der Waals surface area contributed by atoms with Crippen molar-refractivity contribution in [3.8, 4) is 0 Å². The fourth-order valence-electron chi connectivity index (χ4n) is 1.16. The Balaban J connectivity index is 2.96. The minimum Gasteiger partial charge on any atom is -0.467 e. The first kappa shape index (κ1) is 13.3. The zero-order valence-electron chi connectivity index (χ0n) is 8.35. The highest BCUT2D eigenvalue weighted by atomic mass is 35.5. The first-order valence-electron chi connectivity index (χ1n) is 4.36. The van der Waals surface area contributed by atoms with Crippen molar-refractivity contribution < 1.29 is 19.7 Å². The Hall–Kier alpha value is -0.810. The van der Waals surface area contributed by atoms with Crippen molar-refractivity contribution in [2.75, 3.05) is 7.11 Å². The summed E-state index contributed by atoms with van der Waals surface area (Å²) in [5.41, 5.74) is 0.212. The van der Waals surface area contributed by atoms with Gasteiger partial charge in [-0.2, -0.15) is 0 Å². The lowest BCUT2D eigenvalue weighted by Crippen LogP contribution is -2.29. The maximum atomic E-state index is 11.0. The summed E-state index contributed by atoms with van der Waals surface area (Å²) in [6.45, 7) is 0. The van der Waals surface area contributed by atoms with Crippen LogP contribution in [0.1, 0.15) is 11.7 Å². The maximum Gasteiger partial charge on any atom is 0.337 e. The third-order valence-corrected chi connectivity index (χ3v) is 2.59. The van der Waals surface area contributed by atoms with E-state index >= 15 is 0 Å². The number of hydrogen-bond acceptors (Lipinski definition) is 4. The van der Waals surface area contributed by atoms with E-state index in [4.69, 9.17) is 23.2 Å². The normalized spacial score (nSPS) is 14.3. The zero-order valence-corrected chi connectivity index (χ0v) is 9.87. The van der Waals surface area contributed by atoms with Crippen molar-refractivity contribution in [1.82, 2.24) is 0 Å². The molecule has 1 aromatic carbocycles. The van der Waals surface area contributed by atoms with Crippen LogP contribution in [0.2, 0.25) is 10.0 Å². The van der Waals surface area contributed by atoms with E-state index in [9.17, 15) is 15.0 Å². The number of ether oxygens (including phenoxy) is 1. The zero-order chi connectivity index (χ0) is 12.3. The highest BCUT2D eigenvalue weighted by molar-refractivity contribution is 6.35. The Morgan fingerprint density at radius 2 is 2.00 bits per heavy atom. The molecule has 2 unspecified atom stereocenters. The maximum absolute atomic E-state index is 11.0. The van der Waals surface area contributed by atoms with Gasteiger partial charge in [-0.1, -0.05) is 29.3 Å². The topological polar surface area (TPSA) is 66.8 Å². The Morgan fingerprint density at radius 3 is 2.50 bits per heavy atom. The van der Waals surface area contributed by atoms with Gasteiger partial charge in [0.15, 0.2) is 6.10 Å². The molecule has 0 aliphatic rings. The molecular weight excluding hydrogens is 255 g/mol. The van der Waals surface area contributed by atoms with E-state index in [1.807, 2.05) is 0 Å². The van der Waals surface area contributed by atoms with Crippen LogP contribution in [0.4, 0.5) is 0 Å². The molecule has 0 saturated carbocycles. The van der Waals surface area contributed by atoms with Crippen molar-refractivity contribution in [2.24, 2.45) is 0 Å². The molecule has 6 heteroatoms. The van der Waals surface area contributed by atoms with E-state index < -0.39 is 18.2 Å². The smallest absolute Gasteiger partial charge is 0.337 e. The van der Waals surface area contributed by atoms with Crippen LogP contribution in [-0.4, -0.2) is 29.4 Å². The molecule has 1 aromatic rings. The standard InChI is InChI=1S/C10H10Cl2O4/c1-16-10(15)9(14)8(13)6-3-2-5(11)4-7(6)12/h2-4,8-9,13-14H,1H3. The number of carbonyl (C=O) groups excluding carboxylic acids is 1. The lowest BCUT2D eigenvalue weighted by molar-refractivity contribution is -0.156. The van der Waals surface area contributed by atoms with Crippen molar-refractivity contribution in [3.05, 3.63) is 33.8 Å². The molecule has 0 aromatic heterocycles. The Bertz CT molecular complexity index is 394. The second-order valence-electron chi connectivity index (χ2n) is 3.08. The van der Waals surface area contributed by atoms with Crippen molar-refractivity contribution in [3.63, 3.8) is 0 Å². The van der Waals surface area contributed by atoms with Crippen LogP contribution in [0.5, 0.6) is 0 Å². The predicted octanol–water partition coefficient (Wildman–Crippen LogP) is 1.56. The summed E-state index contributed by atoms with van der Waals surface area (Å²) >= 11 is 11.5. The number of hydrogen-bond donors (Lipinski definition) is 2. The number of rotatable bonds is 3. The molecule has 2 N–H and O–H groups in total. The predicted molar refractivity (Wildman–Crippen MR) is 59.4 cm³/mol. The summed E-state index contributed by atoms with van der Waals surface area (Å²) in [4.78, 5) is 11.0. The Morgan fingerprint density at radius 1 is 1.38 bits per heavy atom. The average Bonchev–Trinajstić information content (AvgIpc) is 2.26. The number of esters is 1. The SMILES string of the molecule is COC(=O)C(O)C(O)c1ccc(Cl)cc1Cl. The number of aliphatic hydroxyl groups is 2. The van der Waals surface area contributed by atoms with Gasteiger partial charge in [0.05, 0.1) is 7.11 Å². The summed E-state index contributed by atoms with van der Waals surface area (Å²) < 4.78 is 4.30. The van der Waals surface area contributed by atoms with Crippen LogP contribution in [0.3, 0.4) is 0 Å². The molecule has 0 spiro atoms. The molecule has 0 aliphatic heterocycles. The lowest BCUT2D eigenvalue weighted by Gasteiger charge is -2.17. The number of benzene rings is 1. The minimum absolute atomic E-state index is 0.169. The fraction of sp³-hybridized carbons (Fsp3) is 0.300. The van der Waals surface area contributed by atoms with Gasteiger partial charge >= 0.3 is 5.97 Å². The van der Waals surface area contributed by atoms with E-state index in [1.165, 1.54) is 18.2 Å². The first-order chi connectivity index (χ1) is 7.47. The molecule has 0 radical (unpaired) electrons. The lowest BCUT2D eigenvalue weighted by atomic mass is 10.0. The molecule has 0 heterocycles. The number of halogens is 2. The summed E-state index contributed by atoms with van der Waals surface area (Å²) in [6, 6.07) is 4.34. The second kappa shape index (κ2) is 5.50. The van der Waals surface area contributed by atoms with Crippen LogP contribution in [0.25, 0.3) is 0 Å². The van der Waals surface area contributed by atoms with Crippen LogP contribution < -0.4 is 0 Å². The van der Waals surface area contributed by atoms with Gasteiger partial charge in [-0.05, 0) is 12.1 Å². The van der Waals surface area contributed by atoms with Crippen molar-refractivity contribution >= 4 is 29.2 Å². The van der Waals surface area contributed by atoms with Gasteiger partial charge in [0, 0.05) is 15.6 Å². The van der Waals surface area contributed by atoms with E-state index in [0.29, 0.717) is 5.02 Å². The van der Waals surface area contributed by atoms with Crippen LogP contribution in [0, 0.1) is 0 Å². The van der Waals surface area contributed by atoms with Crippen LogP contribution in [-0.2, 0) is 9.53 Å².